The summed E-state index contributed by atoms with van der Waals surface area (Å²) in [5.74, 6) is 1.56. The molecule has 1 aliphatic rings. The number of hydrogen-bond acceptors (Lipinski definition) is 2. The highest BCUT2D eigenvalue weighted by atomic mass is 16.5. The molecule has 1 aromatic rings. The van der Waals surface area contributed by atoms with Crippen molar-refractivity contribution in [1.82, 2.24) is 0 Å². The van der Waals surface area contributed by atoms with Crippen LogP contribution in [0.15, 0.2) is 18.2 Å². The van der Waals surface area contributed by atoms with E-state index in [4.69, 9.17) is 10.5 Å². The van der Waals surface area contributed by atoms with E-state index in [9.17, 15) is 0 Å². The van der Waals surface area contributed by atoms with Crippen molar-refractivity contribution in [2.45, 2.75) is 58.5 Å². The number of hydrogen-bond donors (Lipinski definition) is 1. The van der Waals surface area contributed by atoms with Crippen LogP contribution in [0.1, 0.15) is 51.2 Å². The second-order valence-electron chi connectivity index (χ2n) is 6.81. The summed E-state index contributed by atoms with van der Waals surface area (Å²) in [6.45, 7) is 9.60. The fourth-order valence-electron chi connectivity index (χ4n) is 2.84. The molecule has 0 radical (unpaired) electrons. The van der Waals surface area contributed by atoms with E-state index < -0.39 is 0 Å². The molecule has 2 atom stereocenters. The van der Waals surface area contributed by atoms with Gasteiger partial charge in [0.2, 0.25) is 0 Å². The highest BCUT2D eigenvalue weighted by molar-refractivity contribution is 5.39. The molecule has 1 aliphatic carbocycles. The lowest BCUT2D eigenvalue weighted by molar-refractivity contribution is 0.161. The normalized spacial score (nSPS) is 23.6. The average Bonchev–Trinajstić information content (AvgIpc) is 2.77. The van der Waals surface area contributed by atoms with E-state index in [1.807, 2.05) is 0 Å². The van der Waals surface area contributed by atoms with Crippen LogP contribution >= 0.6 is 0 Å². The van der Waals surface area contributed by atoms with Crippen LogP contribution in [-0.4, -0.2) is 12.6 Å². The summed E-state index contributed by atoms with van der Waals surface area (Å²) in [5.41, 5.74) is 8.60. The Morgan fingerprint density at radius 2 is 2.00 bits per heavy atom. The minimum Gasteiger partial charge on any atom is -0.490 e. The van der Waals surface area contributed by atoms with Crippen molar-refractivity contribution in [3.63, 3.8) is 0 Å². The first-order valence-corrected chi connectivity index (χ1v) is 7.39. The molecule has 19 heavy (non-hydrogen) atoms. The first-order valence-electron chi connectivity index (χ1n) is 7.39. The molecule has 1 saturated carbocycles. The molecule has 0 aromatic heterocycles. The van der Waals surface area contributed by atoms with Crippen molar-refractivity contribution in [2.24, 2.45) is 11.7 Å². The first kappa shape index (κ1) is 14.4. The molecule has 0 amide bonds. The smallest absolute Gasteiger partial charge is 0.122 e. The zero-order valence-electron chi connectivity index (χ0n) is 12.7. The lowest BCUT2D eigenvalue weighted by Gasteiger charge is -2.24. The molecule has 2 nitrogen and oxygen atoms in total. The van der Waals surface area contributed by atoms with Crippen LogP contribution in [0, 0.1) is 12.8 Å². The van der Waals surface area contributed by atoms with Gasteiger partial charge in [0.15, 0.2) is 0 Å². The van der Waals surface area contributed by atoms with Gasteiger partial charge in [-0.15, -0.1) is 0 Å². The van der Waals surface area contributed by atoms with Crippen LogP contribution in [-0.2, 0) is 5.41 Å². The standard InChI is InChI=1S/C17H27NO/c1-12-10-14(17(2,3)4)8-9-15(12)19-16-7-5-6-13(16)11-18/h8-10,13,16H,5-7,11,18H2,1-4H3. The lowest BCUT2D eigenvalue weighted by Crippen LogP contribution is -2.27. The molecule has 2 N–H and O–H groups in total. The Morgan fingerprint density at radius 3 is 2.58 bits per heavy atom. The van der Waals surface area contributed by atoms with Crippen LogP contribution in [0.2, 0.25) is 0 Å². The maximum Gasteiger partial charge on any atom is 0.122 e. The van der Waals surface area contributed by atoms with Crippen molar-refractivity contribution in [3.8, 4) is 5.75 Å². The molecule has 2 unspecified atom stereocenters. The second kappa shape index (κ2) is 5.54. The Hall–Kier alpha value is -1.02. The van der Waals surface area contributed by atoms with Gasteiger partial charge in [0.05, 0.1) is 0 Å². The van der Waals surface area contributed by atoms with Gasteiger partial charge in [-0.1, -0.05) is 32.9 Å². The van der Waals surface area contributed by atoms with Crippen molar-refractivity contribution >= 4 is 0 Å². The summed E-state index contributed by atoms with van der Waals surface area (Å²) < 4.78 is 6.20. The molecular formula is C17H27NO. The van der Waals surface area contributed by atoms with Gasteiger partial charge in [-0.05, 0) is 55.3 Å². The molecule has 0 bridgehead atoms. The minimum atomic E-state index is 0.191. The Labute approximate surface area is 117 Å². The van der Waals surface area contributed by atoms with E-state index in [1.165, 1.54) is 24.0 Å². The fraction of sp³-hybridized carbons (Fsp3) is 0.647. The molecule has 1 aromatic carbocycles. The molecule has 2 rings (SSSR count). The summed E-state index contributed by atoms with van der Waals surface area (Å²) in [5, 5.41) is 0. The zero-order valence-corrected chi connectivity index (χ0v) is 12.7. The van der Waals surface area contributed by atoms with Crippen LogP contribution < -0.4 is 10.5 Å². The van der Waals surface area contributed by atoms with Gasteiger partial charge in [-0.2, -0.15) is 0 Å². The highest BCUT2D eigenvalue weighted by Crippen LogP contribution is 2.32. The van der Waals surface area contributed by atoms with E-state index in [1.54, 1.807) is 0 Å². The van der Waals surface area contributed by atoms with Gasteiger partial charge in [0, 0.05) is 5.92 Å². The van der Waals surface area contributed by atoms with E-state index in [2.05, 4.69) is 45.9 Å². The van der Waals surface area contributed by atoms with Crippen molar-refractivity contribution in [1.29, 1.82) is 0 Å². The quantitative estimate of drug-likeness (QED) is 0.898. The summed E-state index contributed by atoms with van der Waals surface area (Å²) in [6.07, 6.45) is 3.90. The molecule has 2 heteroatoms. The van der Waals surface area contributed by atoms with Gasteiger partial charge >= 0.3 is 0 Å². The molecule has 0 saturated heterocycles. The third-order valence-electron chi connectivity index (χ3n) is 4.21. The third kappa shape index (κ3) is 3.30. The van der Waals surface area contributed by atoms with Crippen molar-refractivity contribution in [3.05, 3.63) is 29.3 Å². The van der Waals surface area contributed by atoms with Crippen molar-refractivity contribution < 1.29 is 4.74 Å². The molecule has 106 valence electrons. The first-order chi connectivity index (χ1) is 8.91. The third-order valence-corrected chi connectivity index (χ3v) is 4.21. The van der Waals surface area contributed by atoms with Gasteiger partial charge in [0.25, 0.3) is 0 Å². The summed E-state index contributed by atoms with van der Waals surface area (Å²) in [7, 11) is 0. The van der Waals surface area contributed by atoms with E-state index in [0.29, 0.717) is 12.0 Å². The zero-order chi connectivity index (χ0) is 14.0. The van der Waals surface area contributed by atoms with Gasteiger partial charge in [-0.3, -0.25) is 0 Å². The largest absolute Gasteiger partial charge is 0.490 e. The maximum absolute atomic E-state index is 6.20. The van der Waals surface area contributed by atoms with Crippen LogP contribution in [0.5, 0.6) is 5.75 Å². The molecule has 0 heterocycles. The molecule has 0 spiro atoms. The topological polar surface area (TPSA) is 35.2 Å². The molecule has 1 fully saturated rings. The summed E-state index contributed by atoms with van der Waals surface area (Å²) in [6, 6.07) is 6.57. The van der Waals surface area contributed by atoms with Crippen LogP contribution in [0.4, 0.5) is 0 Å². The Kier molecular flexibility index (Phi) is 4.19. The number of ether oxygens (including phenoxy) is 1. The predicted molar refractivity (Wildman–Crippen MR) is 80.7 cm³/mol. The lowest BCUT2D eigenvalue weighted by atomic mass is 9.86. The predicted octanol–water partition coefficient (Wildman–Crippen LogP) is 3.80. The van der Waals surface area contributed by atoms with Gasteiger partial charge in [-0.25, -0.2) is 0 Å². The number of benzene rings is 1. The van der Waals surface area contributed by atoms with Gasteiger partial charge in [0.1, 0.15) is 11.9 Å². The Bertz CT molecular complexity index is 433. The maximum atomic E-state index is 6.20. The van der Waals surface area contributed by atoms with E-state index in [-0.39, 0.29) is 5.41 Å². The van der Waals surface area contributed by atoms with E-state index >= 15 is 0 Å². The molecular weight excluding hydrogens is 234 g/mol. The Morgan fingerprint density at radius 1 is 1.26 bits per heavy atom. The summed E-state index contributed by atoms with van der Waals surface area (Å²) in [4.78, 5) is 0. The number of aryl methyl sites for hydroxylation is 1. The number of rotatable bonds is 3. The fourth-order valence-corrected chi connectivity index (χ4v) is 2.84. The second-order valence-corrected chi connectivity index (χ2v) is 6.81. The SMILES string of the molecule is Cc1cc(C(C)(C)C)ccc1OC1CCCC1CN. The highest BCUT2D eigenvalue weighted by Gasteiger charge is 2.28. The molecule has 0 aliphatic heterocycles. The van der Waals surface area contributed by atoms with Gasteiger partial charge < -0.3 is 10.5 Å². The van der Waals surface area contributed by atoms with E-state index in [0.717, 1.165) is 18.7 Å². The number of nitrogens with two attached hydrogens (primary N) is 1. The van der Waals surface area contributed by atoms with Crippen molar-refractivity contribution in [2.75, 3.05) is 6.54 Å². The Balaban J connectivity index is 2.13. The summed E-state index contributed by atoms with van der Waals surface area (Å²) >= 11 is 0. The minimum absolute atomic E-state index is 0.191. The average molecular weight is 261 g/mol. The van der Waals surface area contributed by atoms with Crippen LogP contribution in [0.3, 0.4) is 0 Å². The monoisotopic (exact) mass is 261 g/mol. The van der Waals surface area contributed by atoms with Crippen LogP contribution in [0.25, 0.3) is 0 Å².